The van der Waals surface area contributed by atoms with Crippen LogP contribution in [0.5, 0.6) is 0 Å². The first-order valence-corrected chi connectivity index (χ1v) is 7.04. The molecule has 1 aliphatic carbocycles. The fourth-order valence-corrected chi connectivity index (χ4v) is 2.82. The summed E-state index contributed by atoms with van der Waals surface area (Å²) in [5, 5.41) is 0. The maximum Gasteiger partial charge on any atom is 0.389 e. The van der Waals surface area contributed by atoms with Gasteiger partial charge in [-0.25, -0.2) is 0 Å². The average molecular weight is 266 g/mol. The number of halogens is 3. The molecule has 1 atom stereocenters. The van der Waals surface area contributed by atoms with Crippen LogP contribution in [-0.2, 0) is 0 Å². The Kier molecular flexibility index (Phi) is 7.00. The van der Waals surface area contributed by atoms with E-state index in [0.717, 1.165) is 6.42 Å². The molecule has 108 valence electrons. The fourth-order valence-electron chi connectivity index (χ4n) is 2.82. The third kappa shape index (κ3) is 7.21. The molecule has 1 aliphatic rings. The molecule has 1 saturated carbocycles. The third-order valence-corrected chi connectivity index (χ3v) is 3.84. The van der Waals surface area contributed by atoms with Crippen molar-refractivity contribution in [2.75, 3.05) is 0 Å². The molecule has 0 bridgehead atoms. The molecule has 0 aromatic carbocycles. The van der Waals surface area contributed by atoms with Crippen molar-refractivity contribution < 1.29 is 13.2 Å². The molecular formula is C13H25F3N2. The van der Waals surface area contributed by atoms with Crippen molar-refractivity contribution in [2.45, 2.75) is 76.4 Å². The van der Waals surface area contributed by atoms with E-state index in [1.807, 2.05) is 0 Å². The Hall–Kier alpha value is -0.290. The maximum atomic E-state index is 12.1. The van der Waals surface area contributed by atoms with E-state index in [4.69, 9.17) is 5.84 Å². The largest absolute Gasteiger partial charge is 0.389 e. The van der Waals surface area contributed by atoms with Crippen molar-refractivity contribution >= 4 is 0 Å². The van der Waals surface area contributed by atoms with Gasteiger partial charge < -0.3 is 0 Å². The van der Waals surface area contributed by atoms with Gasteiger partial charge in [0.05, 0.1) is 0 Å². The second-order valence-electron chi connectivity index (χ2n) is 5.46. The third-order valence-electron chi connectivity index (χ3n) is 3.84. The van der Waals surface area contributed by atoms with Gasteiger partial charge in [0.1, 0.15) is 0 Å². The van der Waals surface area contributed by atoms with Gasteiger partial charge in [0, 0.05) is 12.5 Å². The zero-order chi connectivity index (χ0) is 13.4. The molecule has 0 saturated heterocycles. The van der Waals surface area contributed by atoms with Gasteiger partial charge in [-0.1, -0.05) is 38.5 Å². The van der Waals surface area contributed by atoms with E-state index in [0.29, 0.717) is 12.3 Å². The van der Waals surface area contributed by atoms with Gasteiger partial charge >= 0.3 is 6.18 Å². The Morgan fingerprint density at radius 1 is 1.11 bits per heavy atom. The summed E-state index contributed by atoms with van der Waals surface area (Å²) >= 11 is 0. The van der Waals surface area contributed by atoms with Crippen LogP contribution in [0.2, 0.25) is 0 Å². The van der Waals surface area contributed by atoms with Crippen LogP contribution in [0.1, 0.15) is 64.2 Å². The SMILES string of the molecule is NNC(CCCC(F)(F)F)CC1CCCCCC1. The smallest absolute Gasteiger partial charge is 0.271 e. The first-order valence-electron chi connectivity index (χ1n) is 7.04. The quantitative estimate of drug-likeness (QED) is 0.434. The summed E-state index contributed by atoms with van der Waals surface area (Å²) in [4.78, 5) is 0. The fraction of sp³-hybridized carbons (Fsp3) is 1.00. The Morgan fingerprint density at radius 3 is 2.22 bits per heavy atom. The Bertz CT molecular complexity index is 211. The van der Waals surface area contributed by atoms with Gasteiger partial charge in [0.25, 0.3) is 0 Å². The van der Waals surface area contributed by atoms with Crippen LogP contribution in [0.25, 0.3) is 0 Å². The number of hydrogen-bond donors (Lipinski definition) is 2. The normalized spacial score (nSPS) is 20.7. The zero-order valence-electron chi connectivity index (χ0n) is 10.9. The second-order valence-corrected chi connectivity index (χ2v) is 5.46. The van der Waals surface area contributed by atoms with Crippen molar-refractivity contribution in [3.05, 3.63) is 0 Å². The van der Waals surface area contributed by atoms with Crippen molar-refractivity contribution in [2.24, 2.45) is 11.8 Å². The van der Waals surface area contributed by atoms with Gasteiger partial charge in [-0.15, -0.1) is 0 Å². The van der Waals surface area contributed by atoms with Crippen molar-refractivity contribution in [3.8, 4) is 0 Å². The van der Waals surface area contributed by atoms with Gasteiger partial charge in [0.2, 0.25) is 0 Å². The Balaban J connectivity index is 2.23. The highest BCUT2D eigenvalue weighted by Gasteiger charge is 2.27. The predicted molar refractivity (Wildman–Crippen MR) is 66.8 cm³/mol. The van der Waals surface area contributed by atoms with E-state index in [1.54, 1.807) is 0 Å². The average Bonchev–Trinajstić information content (AvgIpc) is 2.54. The zero-order valence-corrected chi connectivity index (χ0v) is 10.9. The summed E-state index contributed by atoms with van der Waals surface area (Å²) < 4.78 is 36.2. The van der Waals surface area contributed by atoms with Gasteiger partial charge in [0.15, 0.2) is 0 Å². The van der Waals surface area contributed by atoms with Gasteiger partial charge in [-0.3, -0.25) is 11.3 Å². The van der Waals surface area contributed by atoms with E-state index in [-0.39, 0.29) is 12.5 Å². The van der Waals surface area contributed by atoms with Crippen LogP contribution < -0.4 is 11.3 Å². The number of hydrazine groups is 1. The van der Waals surface area contributed by atoms with Crippen molar-refractivity contribution in [3.63, 3.8) is 0 Å². The molecule has 1 unspecified atom stereocenters. The van der Waals surface area contributed by atoms with Crippen LogP contribution in [0, 0.1) is 5.92 Å². The predicted octanol–water partition coefficient (Wildman–Crippen LogP) is 3.91. The number of alkyl halides is 3. The van der Waals surface area contributed by atoms with E-state index in [9.17, 15) is 13.2 Å². The maximum absolute atomic E-state index is 12.1. The highest BCUT2D eigenvalue weighted by molar-refractivity contribution is 4.73. The van der Waals surface area contributed by atoms with Gasteiger partial charge in [-0.05, 0) is 25.2 Å². The molecule has 0 radical (unpaired) electrons. The van der Waals surface area contributed by atoms with Crippen molar-refractivity contribution in [1.82, 2.24) is 5.43 Å². The molecule has 1 fully saturated rings. The molecule has 1 rings (SSSR count). The summed E-state index contributed by atoms with van der Waals surface area (Å²) in [7, 11) is 0. The molecular weight excluding hydrogens is 241 g/mol. The summed E-state index contributed by atoms with van der Waals surface area (Å²) in [6.07, 6.45) is 4.39. The molecule has 5 heteroatoms. The van der Waals surface area contributed by atoms with Gasteiger partial charge in [-0.2, -0.15) is 13.2 Å². The number of nitrogens with two attached hydrogens (primary N) is 1. The summed E-state index contributed by atoms with van der Waals surface area (Å²) in [6.45, 7) is 0. The summed E-state index contributed by atoms with van der Waals surface area (Å²) in [5.41, 5.74) is 2.69. The molecule has 0 aromatic rings. The summed E-state index contributed by atoms with van der Waals surface area (Å²) in [5.74, 6) is 6.09. The molecule has 0 aliphatic heterocycles. The minimum atomic E-state index is -4.04. The highest BCUT2D eigenvalue weighted by Crippen LogP contribution is 2.28. The van der Waals surface area contributed by atoms with Crippen molar-refractivity contribution in [1.29, 1.82) is 0 Å². The van der Waals surface area contributed by atoms with E-state index < -0.39 is 12.6 Å². The molecule has 0 heterocycles. The van der Waals surface area contributed by atoms with E-state index >= 15 is 0 Å². The Morgan fingerprint density at radius 2 is 1.72 bits per heavy atom. The lowest BCUT2D eigenvalue weighted by molar-refractivity contribution is -0.135. The lowest BCUT2D eigenvalue weighted by atomic mass is 9.91. The number of rotatable bonds is 6. The molecule has 0 amide bonds. The summed E-state index contributed by atoms with van der Waals surface area (Å²) in [6, 6.07) is 0.0375. The number of hydrogen-bond acceptors (Lipinski definition) is 2. The minimum Gasteiger partial charge on any atom is -0.271 e. The first-order chi connectivity index (χ1) is 8.51. The molecule has 0 aromatic heterocycles. The Labute approximate surface area is 107 Å². The minimum absolute atomic E-state index is 0.0375. The topological polar surface area (TPSA) is 38.0 Å². The van der Waals surface area contributed by atoms with Crippen LogP contribution in [0.4, 0.5) is 13.2 Å². The van der Waals surface area contributed by atoms with Crippen LogP contribution in [0.3, 0.4) is 0 Å². The lowest BCUT2D eigenvalue weighted by Crippen LogP contribution is -2.36. The standard InChI is InChI=1S/C13H25F3N2/c14-13(15,16)9-5-8-12(18-17)10-11-6-3-1-2-4-7-11/h11-12,18H,1-10,17H2. The first kappa shape index (κ1) is 15.8. The van der Waals surface area contributed by atoms with E-state index in [1.165, 1.54) is 38.5 Å². The second kappa shape index (κ2) is 8.00. The van der Waals surface area contributed by atoms with E-state index in [2.05, 4.69) is 5.43 Å². The number of nitrogens with one attached hydrogen (secondary N) is 1. The lowest BCUT2D eigenvalue weighted by Gasteiger charge is -2.22. The molecule has 3 N–H and O–H groups in total. The van der Waals surface area contributed by atoms with Crippen LogP contribution >= 0.6 is 0 Å². The molecule has 0 spiro atoms. The highest BCUT2D eigenvalue weighted by atomic mass is 19.4. The van der Waals surface area contributed by atoms with Crippen LogP contribution in [-0.4, -0.2) is 12.2 Å². The monoisotopic (exact) mass is 266 g/mol. The molecule has 2 nitrogen and oxygen atoms in total. The molecule has 18 heavy (non-hydrogen) atoms. The van der Waals surface area contributed by atoms with Crippen LogP contribution in [0.15, 0.2) is 0 Å².